The van der Waals surface area contributed by atoms with Gasteiger partial charge in [0, 0.05) is 23.5 Å². The fourth-order valence-corrected chi connectivity index (χ4v) is 1.11. The second-order valence-electron chi connectivity index (χ2n) is 3.24. The molecule has 0 amide bonds. The molecule has 0 bridgehead atoms. The normalized spacial score (nSPS) is 11.9. The molecule has 0 atom stereocenters. The molecule has 0 aliphatic rings. The summed E-state index contributed by atoms with van der Waals surface area (Å²) in [7, 11) is 0. The van der Waals surface area contributed by atoms with Gasteiger partial charge in [0.15, 0.2) is 0 Å². The van der Waals surface area contributed by atoms with Gasteiger partial charge in [0.05, 0.1) is 0 Å². The number of hydrogen-bond acceptors (Lipinski definition) is 5. The summed E-state index contributed by atoms with van der Waals surface area (Å²) in [6.07, 6.45) is 1.80. The lowest BCUT2D eigenvalue weighted by atomic mass is 10.0. The maximum Gasteiger partial charge on any atom is 0.138 e. The van der Waals surface area contributed by atoms with Gasteiger partial charge in [-0.2, -0.15) is 0 Å². The van der Waals surface area contributed by atoms with E-state index in [-0.39, 0.29) is 5.54 Å². The van der Waals surface area contributed by atoms with Crippen LogP contribution in [-0.4, -0.2) is 20.3 Å². The Balaban J connectivity index is 2.35. The molecule has 4 nitrogen and oxygen atoms in total. The molecule has 1 aromatic heterocycles. The lowest BCUT2D eigenvalue weighted by molar-refractivity contribution is 0.475. The highest BCUT2D eigenvalue weighted by Crippen LogP contribution is 2.09. The zero-order valence-electron chi connectivity index (χ0n) is 6.74. The average molecular weight is 172 g/mol. The number of rotatable bonds is 3. The Morgan fingerprint density at radius 1 is 1.55 bits per heavy atom. The molecule has 0 aliphatic heterocycles. The summed E-state index contributed by atoms with van der Waals surface area (Å²) in [5, 5.41) is 8.28. The minimum absolute atomic E-state index is 0.119. The first-order chi connectivity index (χ1) is 5.08. The van der Waals surface area contributed by atoms with E-state index in [1.807, 2.05) is 13.8 Å². The summed E-state index contributed by atoms with van der Waals surface area (Å²) in [5.74, 6) is 0. The molecule has 0 saturated carbocycles. The summed E-state index contributed by atoms with van der Waals surface area (Å²) in [4.78, 5) is 0. The maximum atomic E-state index is 5.79. The van der Waals surface area contributed by atoms with Crippen LogP contribution in [0.1, 0.15) is 25.3 Å². The van der Waals surface area contributed by atoms with Gasteiger partial charge in [-0.05, 0) is 25.5 Å². The summed E-state index contributed by atoms with van der Waals surface area (Å²) in [6.45, 7) is 4.00. The molecule has 0 aliphatic carbocycles. The molecular formula is C6H12N4S. The number of hydrogen-bond donors (Lipinski definition) is 1. The van der Waals surface area contributed by atoms with E-state index in [4.69, 9.17) is 5.73 Å². The van der Waals surface area contributed by atoms with Gasteiger partial charge in [-0.15, -0.1) is 5.10 Å². The maximum absolute atomic E-state index is 5.79. The zero-order chi connectivity index (χ0) is 8.32. The first kappa shape index (κ1) is 8.55. The third-order valence-corrected chi connectivity index (χ3v) is 1.97. The summed E-state index contributed by atoms with van der Waals surface area (Å²) < 4.78 is 3.66. The Morgan fingerprint density at radius 2 is 2.27 bits per heavy atom. The van der Waals surface area contributed by atoms with E-state index in [9.17, 15) is 0 Å². The minimum Gasteiger partial charge on any atom is -0.326 e. The fraction of sp³-hybridized carbons (Fsp3) is 0.833. The molecule has 0 unspecified atom stereocenters. The van der Waals surface area contributed by atoms with Crippen LogP contribution in [0, 0.1) is 0 Å². The third-order valence-electron chi connectivity index (χ3n) is 1.32. The Labute approximate surface area is 70.0 Å². The molecule has 0 aromatic carbocycles. The minimum atomic E-state index is -0.119. The van der Waals surface area contributed by atoms with Crippen molar-refractivity contribution in [2.24, 2.45) is 5.73 Å². The molecule has 1 aromatic rings. The van der Waals surface area contributed by atoms with E-state index < -0.39 is 0 Å². The smallest absolute Gasteiger partial charge is 0.138 e. The standard InChI is InChI=1S/C6H12N4S/c1-6(2,7)4-3-5-8-9-10-11-5/h3-4,7H2,1-2H3. The summed E-state index contributed by atoms with van der Waals surface area (Å²) in [5.41, 5.74) is 5.67. The summed E-state index contributed by atoms with van der Waals surface area (Å²) >= 11 is 1.34. The van der Waals surface area contributed by atoms with Crippen LogP contribution < -0.4 is 5.73 Å². The molecule has 1 heterocycles. The van der Waals surface area contributed by atoms with Crippen molar-refractivity contribution in [1.29, 1.82) is 0 Å². The van der Waals surface area contributed by atoms with Crippen molar-refractivity contribution in [3.63, 3.8) is 0 Å². The largest absolute Gasteiger partial charge is 0.326 e. The van der Waals surface area contributed by atoms with Gasteiger partial charge in [0.2, 0.25) is 0 Å². The second-order valence-corrected chi connectivity index (χ2v) is 4.06. The predicted octanol–water partition coefficient (Wildman–Crippen LogP) is 0.603. The summed E-state index contributed by atoms with van der Waals surface area (Å²) in [6, 6.07) is 0. The van der Waals surface area contributed by atoms with Crippen molar-refractivity contribution in [2.75, 3.05) is 0 Å². The van der Waals surface area contributed by atoms with E-state index >= 15 is 0 Å². The number of aromatic nitrogens is 3. The monoisotopic (exact) mass is 172 g/mol. The average Bonchev–Trinajstić information content (AvgIpc) is 2.32. The van der Waals surface area contributed by atoms with Gasteiger partial charge in [-0.25, -0.2) is 0 Å². The van der Waals surface area contributed by atoms with Crippen LogP contribution in [0.2, 0.25) is 0 Å². The van der Waals surface area contributed by atoms with Crippen molar-refractivity contribution in [1.82, 2.24) is 14.8 Å². The van der Waals surface area contributed by atoms with Gasteiger partial charge in [-0.1, -0.05) is 4.49 Å². The van der Waals surface area contributed by atoms with E-state index in [0.29, 0.717) is 0 Å². The topological polar surface area (TPSA) is 64.7 Å². The Morgan fingerprint density at radius 3 is 2.73 bits per heavy atom. The van der Waals surface area contributed by atoms with Crippen molar-refractivity contribution in [3.8, 4) is 0 Å². The van der Waals surface area contributed by atoms with Crippen LogP contribution in [-0.2, 0) is 6.42 Å². The molecule has 1 rings (SSSR count). The molecule has 0 fully saturated rings. The van der Waals surface area contributed by atoms with Gasteiger partial charge in [-0.3, -0.25) is 0 Å². The molecule has 11 heavy (non-hydrogen) atoms. The molecular weight excluding hydrogens is 160 g/mol. The first-order valence-corrected chi connectivity index (χ1v) is 4.28. The highest BCUT2D eigenvalue weighted by Gasteiger charge is 2.11. The van der Waals surface area contributed by atoms with Crippen LogP contribution in [0.15, 0.2) is 0 Å². The first-order valence-electron chi connectivity index (χ1n) is 3.51. The number of aryl methyl sites for hydroxylation is 1. The predicted molar refractivity (Wildman–Crippen MR) is 44.3 cm³/mol. The van der Waals surface area contributed by atoms with Crippen molar-refractivity contribution in [2.45, 2.75) is 32.2 Å². The number of nitrogens with zero attached hydrogens (tertiary/aromatic N) is 3. The van der Waals surface area contributed by atoms with Gasteiger partial charge >= 0.3 is 0 Å². The van der Waals surface area contributed by atoms with E-state index in [0.717, 1.165) is 17.8 Å². The van der Waals surface area contributed by atoms with Gasteiger partial charge in [0.25, 0.3) is 0 Å². The Hall–Kier alpha value is -0.550. The van der Waals surface area contributed by atoms with Gasteiger partial charge < -0.3 is 5.73 Å². The van der Waals surface area contributed by atoms with Crippen LogP contribution in [0.25, 0.3) is 0 Å². The van der Waals surface area contributed by atoms with E-state index in [1.54, 1.807) is 0 Å². The van der Waals surface area contributed by atoms with Crippen molar-refractivity contribution >= 4 is 11.5 Å². The van der Waals surface area contributed by atoms with Crippen LogP contribution in [0.4, 0.5) is 0 Å². The SMILES string of the molecule is CC(C)(N)CCc1nnns1. The van der Waals surface area contributed by atoms with E-state index in [2.05, 4.69) is 14.8 Å². The lowest BCUT2D eigenvalue weighted by Gasteiger charge is -2.16. The molecule has 0 spiro atoms. The quantitative estimate of drug-likeness (QED) is 0.725. The van der Waals surface area contributed by atoms with Crippen LogP contribution >= 0.6 is 11.5 Å². The lowest BCUT2D eigenvalue weighted by Crippen LogP contribution is -2.32. The molecule has 2 N–H and O–H groups in total. The highest BCUT2D eigenvalue weighted by molar-refractivity contribution is 7.05. The molecule has 62 valence electrons. The Bertz CT molecular complexity index is 201. The van der Waals surface area contributed by atoms with Crippen LogP contribution in [0.3, 0.4) is 0 Å². The highest BCUT2D eigenvalue weighted by atomic mass is 32.1. The Kier molecular flexibility index (Phi) is 2.51. The van der Waals surface area contributed by atoms with E-state index in [1.165, 1.54) is 11.5 Å². The molecule has 0 radical (unpaired) electrons. The van der Waals surface area contributed by atoms with Crippen molar-refractivity contribution in [3.05, 3.63) is 5.01 Å². The van der Waals surface area contributed by atoms with Crippen molar-refractivity contribution < 1.29 is 0 Å². The number of nitrogens with two attached hydrogens (primary N) is 1. The second kappa shape index (κ2) is 3.23. The third kappa shape index (κ3) is 3.38. The van der Waals surface area contributed by atoms with Gasteiger partial charge in [0.1, 0.15) is 5.01 Å². The molecule has 0 saturated heterocycles. The van der Waals surface area contributed by atoms with Crippen LogP contribution in [0.5, 0.6) is 0 Å². The fourth-order valence-electron chi connectivity index (χ4n) is 0.677. The zero-order valence-corrected chi connectivity index (χ0v) is 7.56. The molecule has 5 heteroatoms.